The molecule has 1 aromatic carbocycles. The normalized spacial score (nSPS) is 10.7. The minimum atomic E-state index is -0.554. The highest BCUT2D eigenvalue weighted by Crippen LogP contribution is 2.12. The Balaban J connectivity index is 1.92. The fraction of sp³-hybridized carbons (Fsp3) is 0.154. The number of carbonyl (C=O) groups excluding carboxylic acids is 1. The Hall–Kier alpha value is -2.34. The van der Waals surface area contributed by atoms with E-state index in [1.54, 1.807) is 31.2 Å². The highest BCUT2D eigenvalue weighted by atomic mass is 35.5. The zero-order chi connectivity index (χ0) is 14.4. The molecule has 0 saturated carbocycles. The smallest absolute Gasteiger partial charge is 0.327 e. The van der Waals surface area contributed by atoms with Crippen LogP contribution in [-0.2, 0) is 0 Å². The van der Waals surface area contributed by atoms with E-state index < -0.39 is 5.91 Å². The van der Waals surface area contributed by atoms with Gasteiger partial charge in [-0.25, -0.2) is 10.4 Å². The summed E-state index contributed by atoms with van der Waals surface area (Å²) in [7, 11) is 0. The van der Waals surface area contributed by atoms with Gasteiger partial charge in [-0.3, -0.25) is 4.79 Å². The number of halogens is 1. The molecule has 6 nitrogen and oxygen atoms in total. The quantitative estimate of drug-likeness (QED) is 0.679. The molecule has 0 saturated heterocycles. The molecule has 1 aromatic heterocycles. The average molecular weight is 294 g/mol. The minimum Gasteiger partial charge on any atom is -0.464 e. The molecule has 0 fully saturated rings. The number of hydrazone groups is 1. The van der Waals surface area contributed by atoms with Gasteiger partial charge in [-0.05, 0) is 24.6 Å². The maximum Gasteiger partial charge on any atom is 0.327 e. The molecule has 2 aromatic rings. The van der Waals surface area contributed by atoms with E-state index in [0.717, 1.165) is 5.56 Å². The molecule has 1 heterocycles. The lowest BCUT2D eigenvalue weighted by Gasteiger charge is -1.96. The van der Waals surface area contributed by atoms with E-state index >= 15 is 0 Å². The van der Waals surface area contributed by atoms with E-state index in [-0.39, 0.29) is 11.8 Å². The fourth-order valence-electron chi connectivity index (χ4n) is 1.34. The highest BCUT2D eigenvalue weighted by Gasteiger charge is 2.12. The first-order valence-corrected chi connectivity index (χ1v) is 6.24. The Bertz CT molecular complexity index is 608. The van der Waals surface area contributed by atoms with E-state index in [0.29, 0.717) is 11.6 Å². The van der Waals surface area contributed by atoms with Crippen molar-refractivity contribution in [3.63, 3.8) is 0 Å². The van der Waals surface area contributed by atoms with Gasteiger partial charge in [-0.2, -0.15) is 5.10 Å². The summed E-state index contributed by atoms with van der Waals surface area (Å²) in [6.45, 7) is 2.24. The van der Waals surface area contributed by atoms with Crippen molar-refractivity contribution in [2.75, 3.05) is 6.61 Å². The van der Waals surface area contributed by atoms with Crippen molar-refractivity contribution in [3.05, 3.63) is 46.9 Å². The third kappa shape index (κ3) is 3.83. The summed E-state index contributed by atoms with van der Waals surface area (Å²) in [4.78, 5) is 15.4. The maximum absolute atomic E-state index is 11.6. The van der Waals surface area contributed by atoms with Gasteiger partial charge in [0.05, 0.1) is 12.8 Å². The predicted octanol–water partition coefficient (Wildman–Crippen LogP) is 2.49. The number of aromatic nitrogens is 1. The number of carbonyl (C=O) groups is 1. The number of hydrogen-bond acceptors (Lipinski definition) is 5. The van der Waals surface area contributed by atoms with Gasteiger partial charge in [-0.15, -0.1) is 0 Å². The first-order chi connectivity index (χ1) is 9.69. The molecule has 7 heteroatoms. The molecule has 0 aliphatic rings. The summed E-state index contributed by atoms with van der Waals surface area (Å²) in [5.74, 6) is -0.470. The Morgan fingerprint density at radius 2 is 2.25 bits per heavy atom. The molecule has 0 aliphatic heterocycles. The zero-order valence-electron chi connectivity index (χ0n) is 10.7. The molecular formula is C13H12ClN3O3. The summed E-state index contributed by atoms with van der Waals surface area (Å²) in [6.07, 6.45) is 2.82. The number of nitrogens with zero attached hydrogens (tertiary/aromatic N) is 2. The Labute approximate surface area is 120 Å². The monoisotopic (exact) mass is 293 g/mol. The number of hydrogen-bond donors (Lipinski definition) is 1. The van der Waals surface area contributed by atoms with E-state index in [1.165, 1.54) is 12.4 Å². The van der Waals surface area contributed by atoms with Crippen molar-refractivity contribution in [3.8, 4) is 5.95 Å². The topological polar surface area (TPSA) is 76.7 Å². The molecule has 104 valence electrons. The van der Waals surface area contributed by atoms with Crippen LogP contribution in [0, 0.1) is 0 Å². The summed E-state index contributed by atoms with van der Waals surface area (Å²) in [5.41, 5.74) is 3.11. The number of nitrogens with one attached hydrogen (secondary N) is 1. The van der Waals surface area contributed by atoms with Crippen molar-refractivity contribution in [1.82, 2.24) is 10.4 Å². The second-order valence-electron chi connectivity index (χ2n) is 3.67. The maximum atomic E-state index is 11.6. The Morgan fingerprint density at radius 1 is 1.50 bits per heavy atom. The SMILES string of the molecule is CCOc1cnc(C(=O)NN=Cc2ccc(Cl)cc2)o1. The summed E-state index contributed by atoms with van der Waals surface area (Å²) in [6, 6.07) is 7.01. The molecule has 0 bridgehead atoms. The average Bonchev–Trinajstić information content (AvgIpc) is 2.90. The van der Waals surface area contributed by atoms with Crippen LogP contribution in [0.1, 0.15) is 23.2 Å². The highest BCUT2D eigenvalue weighted by molar-refractivity contribution is 6.30. The third-order valence-electron chi connectivity index (χ3n) is 2.22. The van der Waals surface area contributed by atoms with Gasteiger partial charge in [-0.1, -0.05) is 23.7 Å². The summed E-state index contributed by atoms with van der Waals surface area (Å²) in [5, 5.41) is 4.43. The molecular weight excluding hydrogens is 282 g/mol. The van der Waals surface area contributed by atoms with Crippen LogP contribution in [0.5, 0.6) is 5.95 Å². The zero-order valence-corrected chi connectivity index (χ0v) is 11.4. The largest absolute Gasteiger partial charge is 0.464 e. The molecule has 0 radical (unpaired) electrons. The lowest BCUT2D eigenvalue weighted by molar-refractivity contribution is 0.0912. The molecule has 20 heavy (non-hydrogen) atoms. The van der Waals surface area contributed by atoms with Crippen LogP contribution in [0.15, 0.2) is 40.0 Å². The van der Waals surface area contributed by atoms with E-state index in [9.17, 15) is 4.79 Å². The molecule has 0 unspecified atom stereocenters. The lowest BCUT2D eigenvalue weighted by atomic mass is 10.2. The second-order valence-corrected chi connectivity index (χ2v) is 4.10. The van der Waals surface area contributed by atoms with Crippen molar-refractivity contribution in [2.45, 2.75) is 6.92 Å². The minimum absolute atomic E-state index is 0.110. The Kier molecular flexibility index (Phi) is 4.73. The molecule has 2 rings (SSSR count). The van der Waals surface area contributed by atoms with Gasteiger partial charge < -0.3 is 9.15 Å². The van der Waals surface area contributed by atoms with Crippen molar-refractivity contribution >= 4 is 23.7 Å². The van der Waals surface area contributed by atoms with E-state index in [1.807, 2.05) is 0 Å². The number of oxazole rings is 1. The first kappa shape index (κ1) is 14.1. The summed E-state index contributed by atoms with van der Waals surface area (Å²) >= 11 is 5.76. The predicted molar refractivity (Wildman–Crippen MR) is 74.2 cm³/mol. The number of ether oxygens (including phenoxy) is 1. The van der Waals surface area contributed by atoms with Gasteiger partial charge >= 0.3 is 11.9 Å². The van der Waals surface area contributed by atoms with Gasteiger partial charge in [0.1, 0.15) is 6.20 Å². The molecule has 0 spiro atoms. The van der Waals surface area contributed by atoms with Gasteiger partial charge in [0.2, 0.25) is 0 Å². The van der Waals surface area contributed by atoms with Crippen LogP contribution < -0.4 is 10.2 Å². The Morgan fingerprint density at radius 3 is 2.95 bits per heavy atom. The van der Waals surface area contributed by atoms with Crippen molar-refractivity contribution in [1.29, 1.82) is 0 Å². The third-order valence-corrected chi connectivity index (χ3v) is 2.47. The van der Waals surface area contributed by atoms with Crippen LogP contribution >= 0.6 is 11.6 Å². The summed E-state index contributed by atoms with van der Waals surface area (Å²) < 4.78 is 10.1. The molecule has 0 atom stereocenters. The first-order valence-electron chi connectivity index (χ1n) is 5.86. The van der Waals surface area contributed by atoms with Crippen molar-refractivity contribution < 1.29 is 13.9 Å². The van der Waals surface area contributed by atoms with E-state index in [2.05, 4.69) is 15.5 Å². The number of benzene rings is 1. The fourth-order valence-corrected chi connectivity index (χ4v) is 1.46. The van der Waals surface area contributed by atoms with Crippen LogP contribution in [0.2, 0.25) is 5.02 Å². The lowest BCUT2D eigenvalue weighted by Crippen LogP contribution is -2.17. The van der Waals surface area contributed by atoms with Gasteiger partial charge in [0.15, 0.2) is 0 Å². The van der Waals surface area contributed by atoms with Gasteiger partial charge in [0.25, 0.3) is 5.89 Å². The van der Waals surface area contributed by atoms with Crippen LogP contribution in [-0.4, -0.2) is 23.7 Å². The van der Waals surface area contributed by atoms with Gasteiger partial charge in [0, 0.05) is 5.02 Å². The molecule has 1 amide bonds. The molecule has 1 N–H and O–H groups in total. The standard InChI is InChI=1S/C13H12ClN3O3/c1-2-19-11-8-15-13(20-11)12(18)17-16-7-9-3-5-10(14)6-4-9/h3-8H,2H2,1H3,(H,17,18). The molecule has 0 aliphatic carbocycles. The van der Waals surface area contributed by atoms with Crippen LogP contribution in [0.3, 0.4) is 0 Å². The number of rotatable bonds is 5. The number of amides is 1. The van der Waals surface area contributed by atoms with Crippen LogP contribution in [0.25, 0.3) is 0 Å². The second kappa shape index (κ2) is 6.72. The van der Waals surface area contributed by atoms with Crippen LogP contribution in [0.4, 0.5) is 0 Å². The van der Waals surface area contributed by atoms with E-state index in [4.69, 9.17) is 20.8 Å². The van der Waals surface area contributed by atoms with Crippen molar-refractivity contribution in [2.24, 2.45) is 5.10 Å².